The average molecular weight is 393 g/mol. The van der Waals surface area contributed by atoms with Gasteiger partial charge in [-0.05, 0) is 63.7 Å². The zero-order valence-corrected chi connectivity index (χ0v) is 14.8. The van der Waals surface area contributed by atoms with E-state index < -0.39 is 11.9 Å². The molecule has 0 saturated heterocycles. The molecule has 5 nitrogen and oxygen atoms in total. The van der Waals surface area contributed by atoms with Gasteiger partial charge in [0.15, 0.2) is 0 Å². The highest BCUT2D eigenvalue weighted by atomic mass is 79.9. The van der Waals surface area contributed by atoms with Gasteiger partial charge in [-0.2, -0.15) is 0 Å². The summed E-state index contributed by atoms with van der Waals surface area (Å²) in [6, 6.07) is 10.2. The van der Waals surface area contributed by atoms with Gasteiger partial charge >= 0.3 is 11.9 Å². The fourth-order valence-corrected chi connectivity index (χ4v) is 3.13. The molecular formula is C18H17BrO5. The number of methoxy groups -OCH3 is 1. The predicted molar refractivity (Wildman–Crippen MR) is 93.2 cm³/mol. The molecule has 0 aliphatic rings. The van der Waals surface area contributed by atoms with E-state index >= 15 is 0 Å². The molecule has 2 aromatic carbocycles. The molecule has 0 amide bonds. The Balaban J connectivity index is 2.28. The third-order valence-corrected chi connectivity index (χ3v) is 4.45. The van der Waals surface area contributed by atoms with Crippen molar-refractivity contribution in [1.82, 2.24) is 0 Å². The largest absolute Gasteiger partial charge is 0.496 e. The van der Waals surface area contributed by atoms with Crippen molar-refractivity contribution in [3.05, 3.63) is 63.1 Å². The molecule has 0 spiro atoms. The van der Waals surface area contributed by atoms with Gasteiger partial charge in [0.1, 0.15) is 5.75 Å². The van der Waals surface area contributed by atoms with E-state index in [4.69, 9.17) is 9.84 Å². The number of rotatable bonds is 6. The summed E-state index contributed by atoms with van der Waals surface area (Å²) in [5, 5.41) is 18.3. The van der Waals surface area contributed by atoms with Crippen LogP contribution in [-0.2, 0) is 6.42 Å². The Kier molecular flexibility index (Phi) is 5.62. The average Bonchev–Trinajstić information content (AvgIpc) is 2.54. The topological polar surface area (TPSA) is 83.8 Å². The highest BCUT2D eigenvalue weighted by molar-refractivity contribution is 9.10. The molecule has 126 valence electrons. The number of hydrogen-bond acceptors (Lipinski definition) is 3. The van der Waals surface area contributed by atoms with Crippen molar-refractivity contribution in [2.45, 2.75) is 19.3 Å². The van der Waals surface area contributed by atoms with E-state index in [0.717, 1.165) is 21.3 Å². The fourth-order valence-electron chi connectivity index (χ4n) is 2.54. The maximum atomic E-state index is 11.3. The van der Waals surface area contributed by atoms with Crippen LogP contribution in [0.2, 0.25) is 0 Å². The lowest BCUT2D eigenvalue weighted by atomic mass is 9.91. The van der Waals surface area contributed by atoms with Gasteiger partial charge in [-0.3, -0.25) is 0 Å². The molecule has 1 unspecified atom stereocenters. The van der Waals surface area contributed by atoms with Gasteiger partial charge in [0.25, 0.3) is 0 Å². The van der Waals surface area contributed by atoms with E-state index in [1.165, 1.54) is 12.1 Å². The van der Waals surface area contributed by atoms with Gasteiger partial charge in [-0.1, -0.05) is 19.1 Å². The number of carboxylic acid groups (broad SMARTS) is 2. The van der Waals surface area contributed by atoms with Crippen molar-refractivity contribution in [3.8, 4) is 5.75 Å². The van der Waals surface area contributed by atoms with E-state index in [2.05, 4.69) is 15.9 Å². The SMILES string of the molecule is COc1ccc(CC(C)c2ccc(C(=O)O)c(C(=O)O)c2)cc1Br. The molecule has 0 radical (unpaired) electrons. The third-order valence-electron chi connectivity index (χ3n) is 3.83. The first-order chi connectivity index (χ1) is 11.3. The molecule has 2 N–H and O–H groups in total. The normalized spacial score (nSPS) is 11.8. The van der Waals surface area contributed by atoms with E-state index in [-0.39, 0.29) is 17.0 Å². The predicted octanol–water partition coefficient (Wildman–Crippen LogP) is 4.20. The molecule has 0 aliphatic heterocycles. The number of hydrogen-bond donors (Lipinski definition) is 2. The molecule has 1 atom stereocenters. The van der Waals surface area contributed by atoms with Crippen molar-refractivity contribution in [2.24, 2.45) is 0 Å². The second kappa shape index (κ2) is 7.49. The Bertz CT molecular complexity index is 785. The summed E-state index contributed by atoms with van der Waals surface area (Å²) in [6.45, 7) is 1.97. The van der Waals surface area contributed by atoms with Crippen LogP contribution < -0.4 is 4.74 Å². The first-order valence-electron chi connectivity index (χ1n) is 7.26. The monoisotopic (exact) mass is 392 g/mol. The highest BCUT2D eigenvalue weighted by Crippen LogP contribution is 2.29. The Morgan fingerprint density at radius 2 is 1.75 bits per heavy atom. The number of halogens is 1. The Hall–Kier alpha value is -2.34. The second-order valence-electron chi connectivity index (χ2n) is 5.49. The van der Waals surface area contributed by atoms with Crippen LogP contribution >= 0.6 is 15.9 Å². The minimum atomic E-state index is -1.24. The van der Waals surface area contributed by atoms with Crippen molar-refractivity contribution < 1.29 is 24.5 Å². The quantitative estimate of drug-likeness (QED) is 0.769. The molecule has 0 aliphatic carbocycles. The number of ether oxygens (including phenoxy) is 1. The van der Waals surface area contributed by atoms with Crippen LogP contribution in [0.25, 0.3) is 0 Å². The zero-order valence-electron chi connectivity index (χ0n) is 13.2. The summed E-state index contributed by atoms with van der Waals surface area (Å²) >= 11 is 3.44. The standard InChI is InChI=1S/C18H17BrO5/c1-10(7-11-3-6-16(24-2)15(19)8-11)12-4-5-13(17(20)21)14(9-12)18(22)23/h3-6,8-10H,7H2,1-2H3,(H,20,21)(H,22,23). The van der Waals surface area contributed by atoms with Crippen molar-refractivity contribution >= 4 is 27.9 Å². The van der Waals surface area contributed by atoms with Gasteiger partial charge in [-0.25, -0.2) is 9.59 Å². The Morgan fingerprint density at radius 1 is 1.08 bits per heavy atom. The van der Waals surface area contributed by atoms with Gasteiger partial charge in [0.2, 0.25) is 0 Å². The molecule has 0 fully saturated rings. The summed E-state index contributed by atoms with van der Waals surface area (Å²) in [7, 11) is 1.60. The number of benzene rings is 2. The lowest BCUT2D eigenvalue weighted by molar-refractivity contribution is 0.0651. The minimum absolute atomic E-state index is 0.0336. The summed E-state index contributed by atoms with van der Waals surface area (Å²) in [6.07, 6.45) is 0.689. The highest BCUT2D eigenvalue weighted by Gasteiger charge is 2.18. The van der Waals surface area contributed by atoms with Gasteiger partial charge in [0, 0.05) is 0 Å². The smallest absolute Gasteiger partial charge is 0.336 e. The third kappa shape index (κ3) is 3.94. The summed E-state index contributed by atoms with van der Waals surface area (Å²) in [5.41, 5.74) is 1.45. The van der Waals surface area contributed by atoms with E-state index in [1.54, 1.807) is 13.2 Å². The molecule has 0 saturated carbocycles. The fraction of sp³-hybridized carbons (Fsp3) is 0.222. The lowest BCUT2D eigenvalue weighted by Crippen LogP contribution is -2.10. The second-order valence-corrected chi connectivity index (χ2v) is 6.34. The van der Waals surface area contributed by atoms with Crippen LogP contribution in [0.5, 0.6) is 5.75 Å². The molecule has 0 bridgehead atoms. The van der Waals surface area contributed by atoms with E-state index in [0.29, 0.717) is 6.42 Å². The maximum absolute atomic E-state index is 11.3. The first kappa shape index (κ1) is 18.0. The van der Waals surface area contributed by atoms with Crippen LogP contribution in [0, 0.1) is 0 Å². The summed E-state index contributed by atoms with van der Waals surface area (Å²) in [5.74, 6) is -1.71. The lowest BCUT2D eigenvalue weighted by Gasteiger charge is -2.15. The van der Waals surface area contributed by atoms with Crippen molar-refractivity contribution in [1.29, 1.82) is 0 Å². The van der Waals surface area contributed by atoms with Crippen LogP contribution in [-0.4, -0.2) is 29.3 Å². The van der Waals surface area contributed by atoms with E-state index in [1.807, 2.05) is 25.1 Å². The van der Waals surface area contributed by atoms with Crippen LogP contribution in [0.1, 0.15) is 44.7 Å². The Labute approximate surface area is 148 Å². The maximum Gasteiger partial charge on any atom is 0.336 e. The number of carboxylic acids is 2. The molecule has 6 heteroatoms. The minimum Gasteiger partial charge on any atom is -0.496 e. The zero-order chi connectivity index (χ0) is 17.9. The van der Waals surface area contributed by atoms with Crippen molar-refractivity contribution in [3.63, 3.8) is 0 Å². The number of carbonyl (C=O) groups is 2. The number of aromatic carboxylic acids is 2. The van der Waals surface area contributed by atoms with Crippen LogP contribution in [0.3, 0.4) is 0 Å². The van der Waals surface area contributed by atoms with Gasteiger partial charge < -0.3 is 14.9 Å². The molecule has 24 heavy (non-hydrogen) atoms. The summed E-state index contributed by atoms with van der Waals surface area (Å²) < 4.78 is 6.05. The van der Waals surface area contributed by atoms with Gasteiger partial charge in [0.05, 0.1) is 22.7 Å². The van der Waals surface area contributed by atoms with Crippen molar-refractivity contribution in [2.75, 3.05) is 7.11 Å². The molecule has 0 heterocycles. The molecule has 2 aromatic rings. The van der Waals surface area contributed by atoms with Crippen LogP contribution in [0.15, 0.2) is 40.9 Å². The molecule has 2 rings (SSSR count). The van der Waals surface area contributed by atoms with Gasteiger partial charge in [-0.15, -0.1) is 0 Å². The first-order valence-corrected chi connectivity index (χ1v) is 8.05. The Morgan fingerprint density at radius 3 is 2.29 bits per heavy atom. The molecule has 0 aromatic heterocycles. The van der Waals surface area contributed by atoms with Crippen LogP contribution in [0.4, 0.5) is 0 Å². The van der Waals surface area contributed by atoms with E-state index in [9.17, 15) is 14.7 Å². The summed E-state index contributed by atoms with van der Waals surface area (Å²) in [4.78, 5) is 22.4. The molecular weight excluding hydrogens is 376 g/mol.